The van der Waals surface area contributed by atoms with Gasteiger partial charge in [0.25, 0.3) is 5.91 Å². The highest BCUT2D eigenvalue weighted by molar-refractivity contribution is 5.91. The number of ether oxygens (including phenoxy) is 3. The highest BCUT2D eigenvalue weighted by atomic mass is 16.6. The van der Waals surface area contributed by atoms with Crippen LogP contribution in [0.3, 0.4) is 0 Å². The van der Waals surface area contributed by atoms with Crippen molar-refractivity contribution in [3.63, 3.8) is 0 Å². The molecule has 2 aromatic carbocycles. The van der Waals surface area contributed by atoms with Crippen LogP contribution in [0.2, 0.25) is 0 Å². The summed E-state index contributed by atoms with van der Waals surface area (Å²) in [6.07, 6.45) is 1.71. The van der Waals surface area contributed by atoms with Crippen LogP contribution in [0.15, 0.2) is 54.7 Å². The van der Waals surface area contributed by atoms with Gasteiger partial charge in [-0.25, -0.2) is 9.48 Å². The number of nitrogens with one attached hydrogen (secondary N) is 1. The van der Waals surface area contributed by atoms with Crippen LogP contribution in [0, 0.1) is 6.92 Å². The zero-order chi connectivity index (χ0) is 21.8. The van der Waals surface area contributed by atoms with Gasteiger partial charge in [-0.15, -0.1) is 0 Å². The molecule has 1 aliphatic heterocycles. The SMILES string of the molecule is Cc1ccnn1-c1ccc(C(=O)OCC(=O)N[C@@H](C)c2ccc3c(c2)OCCO3)cc1. The number of carbonyl (C=O) groups is 2. The number of nitrogens with zero attached hydrogens (tertiary/aromatic N) is 2. The van der Waals surface area contributed by atoms with E-state index in [-0.39, 0.29) is 18.6 Å². The molecule has 0 saturated carbocycles. The Kier molecular flexibility index (Phi) is 5.88. The van der Waals surface area contributed by atoms with E-state index < -0.39 is 5.97 Å². The van der Waals surface area contributed by atoms with E-state index in [0.29, 0.717) is 30.3 Å². The second kappa shape index (κ2) is 8.91. The van der Waals surface area contributed by atoms with Gasteiger partial charge >= 0.3 is 5.97 Å². The number of amides is 1. The Balaban J connectivity index is 1.30. The highest BCUT2D eigenvalue weighted by Crippen LogP contribution is 2.32. The van der Waals surface area contributed by atoms with E-state index in [0.717, 1.165) is 16.9 Å². The number of aryl methyl sites for hydroxylation is 1. The molecule has 0 radical (unpaired) electrons. The Labute approximate surface area is 179 Å². The van der Waals surface area contributed by atoms with E-state index in [1.54, 1.807) is 35.1 Å². The van der Waals surface area contributed by atoms with Crippen LogP contribution in [-0.4, -0.2) is 41.5 Å². The molecular formula is C23H23N3O5. The number of fused-ring (bicyclic) bond motifs is 1. The number of rotatable bonds is 6. The van der Waals surface area contributed by atoms with Crippen molar-refractivity contribution in [3.8, 4) is 17.2 Å². The first-order chi connectivity index (χ1) is 15.0. The Bertz CT molecular complexity index is 1090. The smallest absolute Gasteiger partial charge is 0.338 e. The molecule has 0 fully saturated rings. The summed E-state index contributed by atoms with van der Waals surface area (Å²) in [6, 6.07) is 14.0. The first-order valence-corrected chi connectivity index (χ1v) is 9.98. The molecule has 0 aliphatic carbocycles. The summed E-state index contributed by atoms with van der Waals surface area (Å²) in [5.74, 6) is 0.395. The van der Waals surface area contributed by atoms with Gasteiger partial charge in [0.15, 0.2) is 18.1 Å². The van der Waals surface area contributed by atoms with E-state index in [4.69, 9.17) is 14.2 Å². The zero-order valence-corrected chi connectivity index (χ0v) is 17.3. The monoisotopic (exact) mass is 421 g/mol. The third-order valence-corrected chi connectivity index (χ3v) is 4.96. The summed E-state index contributed by atoms with van der Waals surface area (Å²) in [5, 5.41) is 7.05. The van der Waals surface area contributed by atoms with E-state index in [9.17, 15) is 9.59 Å². The topological polar surface area (TPSA) is 91.7 Å². The normalized spacial score (nSPS) is 13.4. The van der Waals surface area contributed by atoms with Crippen molar-refractivity contribution in [3.05, 3.63) is 71.5 Å². The summed E-state index contributed by atoms with van der Waals surface area (Å²) < 4.78 is 18.0. The van der Waals surface area contributed by atoms with Crippen molar-refractivity contribution in [2.45, 2.75) is 19.9 Å². The van der Waals surface area contributed by atoms with Crippen LogP contribution in [0.25, 0.3) is 5.69 Å². The Morgan fingerprint density at radius 1 is 1.10 bits per heavy atom. The first-order valence-electron chi connectivity index (χ1n) is 9.98. The fraction of sp³-hybridized carbons (Fsp3) is 0.261. The molecule has 1 amide bonds. The second-order valence-electron chi connectivity index (χ2n) is 7.20. The lowest BCUT2D eigenvalue weighted by atomic mass is 10.1. The maximum atomic E-state index is 12.3. The molecule has 8 nitrogen and oxygen atoms in total. The van der Waals surface area contributed by atoms with Crippen LogP contribution in [0.1, 0.15) is 34.6 Å². The zero-order valence-electron chi connectivity index (χ0n) is 17.3. The Morgan fingerprint density at radius 2 is 1.84 bits per heavy atom. The largest absolute Gasteiger partial charge is 0.486 e. The van der Waals surface area contributed by atoms with Crippen molar-refractivity contribution in [1.82, 2.24) is 15.1 Å². The highest BCUT2D eigenvalue weighted by Gasteiger charge is 2.17. The van der Waals surface area contributed by atoms with Crippen molar-refractivity contribution >= 4 is 11.9 Å². The van der Waals surface area contributed by atoms with Crippen LogP contribution in [0.5, 0.6) is 11.5 Å². The minimum absolute atomic E-state index is 0.279. The molecule has 0 spiro atoms. The summed E-state index contributed by atoms with van der Waals surface area (Å²) in [4.78, 5) is 24.5. The van der Waals surface area contributed by atoms with Gasteiger partial charge in [0, 0.05) is 11.9 Å². The van der Waals surface area contributed by atoms with Gasteiger partial charge in [-0.05, 0) is 61.9 Å². The van der Waals surface area contributed by atoms with Gasteiger partial charge in [-0.2, -0.15) is 5.10 Å². The number of carbonyl (C=O) groups excluding carboxylic acids is 2. The molecule has 1 aromatic heterocycles. The molecule has 1 atom stereocenters. The molecule has 0 bridgehead atoms. The van der Waals surface area contributed by atoms with Crippen LogP contribution in [-0.2, 0) is 9.53 Å². The summed E-state index contributed by atoms with van der Waals surface area (Å²) in [7, 11) is 0. The molecule has 4 rings (SSSR count). The number of aromatic nitrogens is 2. The van der Waals surface area contributed by atoms with Gasteiger partial charge in [0.1, 0.15) is 13.2 Å². The number of benzene rings is 2. The molecule has 31 heavy (non-hydrogen) atoms. The van der Waals surface area contributed by atoms with E-state index in [1.807, 2.05) is 38.1 Å². The van der Waals surface area contributed by atoms with Crippen molar-refractivity contribution in [2.75, 3.05) is 19.8 Å². The number of esters is 1. The van der Waals surface area contributed by atoms with Gasteiger partial charge in [0.2, 0.25) is 0 Å². The van der Waals surface area contributed by atoms with Crippen LogP contribution < -0.4 is 14.8 Å². The van der Waals surface area contributed by atoms with E-state index >= 15 is 0 Å². The molecule has 8 heteroatoms. The molecule has 0 saturated heterocycles. The third kappa shape index (κ3) is 4.69. The number of hydrogen-bond donors (Lipinski definition) is 1. The van der Waals surface area contributed by atoms with E-state index in [2.05, 4.69) is 10.4 Å². The Morgan fingerprint density at radius 3 is 2.55 bits per heavy atom. The predicted molar refractivity (Wildman–Crippen MR) is 113 cm³/mol. The summed E-state index contributed by atoms with van der Waals surface area (Å²) in [6.45, 7) is 4.44. The van der Waals surface area contributed by atoms with Crippen LogP contribution in [0.4, 0.5) is 0 Å². The molecule has 1 aliphatic rings. The van der Waals surface area contributed by atoms with E-state index in [1.165, 1.54) is 0 Å². The van der Waals surface area contributed by atoms with Crippen molar-refractivity contribution in [1.29, 1.82) is 0 Å². The maximum absolute atomic E-state index is 12.3. The van der Waals surface area contributed by atoms with Crippen LogP contribution >= 0.6 is 0 Å². The lowest BCUT2D eigenvalue weighted by Crippen LogP contribution is -2.31. The minimum Gasteiger partial charge on any atom is -0.486 e. The molecular weight excluding hydrogens is 398 g/mol. The molecule has 1 N–H and O–H groups in total. The van der Waals surface area contributed by atoms with Gasteiger partial charge in [-0.3, -0.25) is 4.79 Å². The minimum atomic E-state index is -0.564. The third-order valence-electron chi connectivity index (χ3n) is 4.96. The quantitative estimate of drug-likeness (QED) is 0.616. The fourth-order valence-electron chi connectivity index (χ4n) is 3.29. The van der Waals surface area contributed by atoms with Crippen molar-refractivity contribution < 1.29 is 23.8 Å². The average molecular weight is 421 g/mol. The van der Waals surface area contributed by atoms with Gasteiger partial charge < -0.3 is 19.5 Å². The molecule has 2 heterocycles. The van der Waals surface area contributed by atoms with Gasteiger partial charge in [-0.1, -0.05) is 6.07 Å². The maximum Gasteiger partial charge on any atom is 0.338 e. The predicted octanol–water partition coefficient (Wildman–Crippen LogP) is 2.99. The summed E-state index contributed by atoms with van der Waals surface area (Å²) >= 11 is 0. The second-order valence-corrected chi connectivity index (χ2v) is 7.20. The standard InChI is InChI=1S/C23H23N3O5/c1-15-9-10-24-26(15)19-6-3-17(4-7-19)23(28)31-14-22(27)25-16(2)18-5-8-20-21(13-18)30-12-11-29-20/h3-10,13,16H,11-12,14H2,1-2H3,(H,25,27)/t16-/m0/s1. The van der Waals surface area contributed by atoms with Gasteiger partial charge in [0.05, 0.1) is 17.3 Å². The Hall–Kier alpha value is -3.81. The number of hydrogen-bond acceptors (Lipinski definition) is 6. The first kappa shape index (κ1) is 20.5. The summed E-state index contributed by atoms with van der Waals surface area (Å²) in [5.41, 5.74) is 3.05. The molecule has 0 unspecified atom stereocenters. The molecule has 160 valence electrons. The lowest BCUT2D eigenvalue weighted by molar-refractivity contribution is -0.124. The lowest BCUT2D eigenvalue weighted by Gasteiger charge is -2.21. The fourth-order valence-corrected chi connectivity index (χ4v) is 3.29. The average Bonchev–Trinajstić information content (AvgIpc) is 3.23. The molecule has 3 aromatic rings. The van der Waals surface area contributed by atoms with Crippen molar-refractivity contribution in [2.24, 2.45) is 0 Å².